The molecule has 5 heteroatoms. The van der Waals surface area contributed by atoms with Gasteiger partial charge in [0, 0.05) is 25.0 Å². The summed E-state index contributed by atoms with van der Waals surface area (Å²) < 4.78 is 4.73. The van der Waals surface area contributed by atoms with Crippen LogP contribution >= 0.6 is 0 Å². The molecule has 1 amide bonds. The molecule has 1 N–H and O–H groups in total. The van der Waals surface area contributed by atoms with Gasteiger partial charge in [0.05, 0.1) is 18.4 Å². The maximum absolute atomic E-state index is 12.1. The number of hydrogen-bond acceptors (Lipinski definition) is 4. The van der Waals surface area contributed by atoms with Crippen LogP contribution in [0, 0.1) is 5.92 Å². The largest absolute Gasteiger partial charge is 0.465 e. The van der Waals surface area contributed by atoms with Crippen LogP contribution in [0.15, 0.2) is 24.3 Å². The number of carbonyl (C=O) groups is 2. The van der Waals surface area contributed by atoms with Crippen LogP contribution < -0.4 is 4.90 Å². The molecule has 5 nitrogen and oxygen atoms in total. The highest BCUT2D eigenvalue weighted by Crippen LogP contribution is 2.32. The van der Waals surface area contributed by atoms with Crippen molar-refractivity contribution in [1.82, 2.24) is 0 Å². The van der Waals surface area contributed by atoms with Gasteiger partial charge in [-0.25, -0.2) is 4.79 Å². The molecule has 1 fully saturated rings. The number of esters is 1. The minimum atomic E-state index is -0.469. The van der Waals surface area contributed by atoms with Crippen LogP contribution in [0.1, 0.15) is 23.7 Å². The number of nitrogens with zero attached hydrogens (tertiary/aromatic N) is 1. The van der Waals surface area contributed by atoms with Gasteiger partial charge in [-0.15, -0.1) is 0 Å². The van der Waals surface area contributed by atoms with Crippen LogP contribution in [0.25, 0.3) is 0 Å². The Hall–Kier alpha value is -1.88. The van der Waals surface area contributed by atoms with Gasteiger partial charge < -0.3 is 14.7 Å². The fourth-order valence-corrected chi connectivity index (χ4v) is 2.47. The number of carbonyl (C=O) groups excluding carboxylic acids is 2. The van der Waals surface area contributed by atoms with E-state index in [4.69, 9.17) is 4.74 Å². The average Bonchev–Trinajstić information content (AvgIpc) is 2.72. The van der Waals surface area contributed by atoms with E-state index in [9.17, 15) is 14.7 Å². The van der Waals surface area contributed by atoms with Crippen molar-refractivity contribution in [1.29, 1.82) is 0 Å². The van der Waals surface area contributed by atoms with Crippen molar-refractivity contribution in [3.63, 3.8) is 0 Å². The average molecular weight is 263 g/mol. The molecule has 1 aromatic rings. The minimum absolute atomic E-state index is 0.0379. The number of methoxy groups -OCH3 is 1. The van der Waals surface area contributed by atoms with E-state index in [0.717, 1.165) is 0 Å². The molecule has 2 unspecified atom stereocenters. The maximum atomic E-state index is 12.1. The molecule has 2 atom stereocenters. The van der Waals surface area contributed by atoms with Crippen molar-refractivity contribution >= 4 is 17.6 Å². The summed E-state index contributed by atoms with van der Waals surface area (Å²) >= 11 is 0. The fourth-order valence-electron chi connectivity index (χ4n) is 2.47. The predicted octanol–water partition coefficient (Wildman–Crippen LogP) is 1.21. The van der Waals surface area contributed by atoms with Crippen molar-refractivity contribution in [3.05, 3.63) is 29.8 Å². The summed E-state index contributed by atoms with van der Waals surface area (Å²) in [6.07, 6.45) is 0.299. The summed E-state index contributed by atoms with van der Waals surface area (Å²) in [5, 5.41) is 9.27. The second-order valence-corrected chi connectivity index (χ2v) is 4.66. The topological polar surface area (TPSA) is 66.8 Å². The molecule has 0 spiro atoms. The zero-order chi connectivity index (χ0) is 14.0. The van der Waals surface area contributed by atoms with Crippen LogP contribution in [-0.2, 0) is 9.53 Å². The normalized spacial score (nSPS) is 22.7. The molecular formula is C14H17NO4. The smallest absolute Gasteiger partial charge is 0.339 e. The van der Waals surface area contributed by atoms with E-state index < -0.39 is 5.97 Å². The number of anilines is 1. The highest BCUT2D eigenvalue weighted by atomic mass is 16.5. The third kappa shape index (κ3) is 2.33. The Kier molecular flexibility index (Phi) is 3.85. The van der Waals surface area contributed by atoms with E-state index in [-0.39, 0.29) is 24.5 Å². The number of aliphatic hydroxyl groups is 1. The summed E-state index contributed by atoms with van der Waals surface area (Å²) in [5.41, 5.74) is 0.909. The predicted molar refractivity (Wildman–Crippen MR) is 69.9 cm³/mol. The summed E-state index contributed by atoms with van der Waals surface area (Å²) in [5.74, 6) is -0.649. The number of hydrogen-bond donors (Lipinski definition) is 1. The molecule has 102 valence electrons. The van der Waals surface area contributed by atoms with Crippen LogP contribution in [-0.4, -0.2) is 36.7 Å². The van der Waals surface area contributed by atoms with Crippen LogP contribution in [0.5, 0.6) is 0 Å². The highest BCUT2D eigenvalue weighted by molar-refractivity contribution is 6.04. The minimum Gasteiger partial charge on any atom is -0.465 e. The van der Waals surface area contributed by atoms with E-state index in [1.165, 1.54) is 7.11 Å². The van der Waals surface area contributed by atoms with Crippen molar-refractivity contribution < 1.29 is 19.4 Å². The Bertz CT molecular complexity index is 500. The van der Waals surface area contributed by atoms with E-state index in [2.05, 4.69) is 0 Å². The highest BCUT2D eigenvalue weighted by Gasteiger charge is 2.38. The van der Waals surface area contributed by atoms with Crippen LogP contribution in [0.4, 0.5) is 5.69 Å². The van der Waals surface area contributed by atoms with Gasteiger partial charge in [-0.05, 0) is 19.1 Å². The van der Waals surface area contributed by atoms with Crippen LogP contribution in [0.3, 0.4) is 0 Å². The Morgan fingerprint density at radius 1 is 1.47 bits per heavy atom. The first-order valence-corrected chi connectivity index (χ1v) is 6.20. The lowest BCUT2D eigenvalue weighted by atomic mass is 10.0. The molecule has 0 aromatic heterocycles. The zero-order valence-electron chi connectivity index (χ0n) is 11.0. The second kappa shape index (κ2) is 5.40. The van der Waals surface area contributed by atoms with Gasteiger partial charge in [-0.1, -0.05) is 12.1 Å². The van der Waals surface area contributed by atoms with Crippen molar-refractivity contribution in [2.24, 2.45) is 5.92 Å². The first-order valence-electron chi connectivity index (χ1n) is 6.20. The number of rotatable bonds is 3. The van der Waals surface area contributed by atoms with Crippen molar-refractivity contribution in [3.8, 4) is 0 Å². The molecular weight excluding hydrogens is 246 g/mol. The first kappa shape index (κ1) is 13.5. The molecule has 0 radical (unpaired) electrons. The quantitative estimate of drug-likeness (QED) is 0.832. The lowest BCUT2D eigenvalue weighted by molar-refractivity contribution is -0.117. The zero-order valence-corrected chi connectivity index (χ0v) is 11.0. The fraction of sp³-hybridized carbons (Fsp3) is 0.429. The third-order valence-electron chi connectivity index (χ3n) is 3.60. The molecule has 1 heterocycles. The number of amides is 1. The molecule has 0 aliphatic carbocycles. The van der Waals surface area contributed by atoms with Gasteiger partial charge in [0.1, 0.15) is 0 Å². The van der Waals surface area contributed by atoms with E-state index in [1.54, 1.807) is 29.2 Å². The van der Waals surface area contributed by atoms with Gasteiger partial charge in [0.25, 0.3) is 0 Å². The molecule has 2 rings (SSSR count). The van der Waals surface area contributed by atoms with Gasteiger partial charge >= 0.3 is 5.97 Å². The standard InChI is InChI=1S/C14H17NO4/c1-9-10(8-16)7-13(17)15(9)12-6-4-3-5-11(12)14(18)19-2/h3-6,9-10,16H,7-8H2,1-2H3. The molecule has 1 aliphatic rings. The number of ether oxygens (including phenoxy) is 1. The lowest BCUT2D eigenvalue weighted by Gasteiger charge is -2.25. The summed E-state index contributed by atoms with van der Waals surface area (Å²) in [6.45, 7) is 1.84. The van der Waals surface area contributed by atoms with E-state index in [0.29, 0.717) is 17.7 Å². The Morgan fingerprint density at radius 3 is 2.74 bits per heavy atom. The Balaban J connectivity index is 2.42. The summed E-state index contributed by atoms with van der Waals surface area (Å²) in [6, 6.07) is 6.72. The number of aliphatic hydroxyl groups excluding tert-OH is 1. The summed E-state index contributed by atoms with van der Waals surface area (Å²) in [7, 11) is 1.31. The van der Waals surface area contributed by atoms with Crippen molar-refractivity contribution in [2.75, 3.05) is 18.6 Å². The molecule has 1 aliphatic heterocycles. The van der Waals surface area contributed by atoms with Gasteiger partial charge in [-0.2, -0.15) is 0 Å². The maximum Gasteiger partial charge on any atom is 0.339 e. The monoisotopic (exact) mass is 263 g/mol. The van der Waals surface area contributed by atoms with Crippen LogP contribution in [0.2, 0.25) is 0 Å². The molecule has 1 saturated heterocycles. The molecule has 0 saturated carbocycles. The number of benzene rings is 1. The molecule has 1 aromatic carbocycles. The number of para-hydroxylation sites is 1. The Morgan fingerprint density at radius 2 is 2.16 bits per heavy atom. The summed E-state index contributed by atoms with van der Waals surface area (Å²) in [4.78, 5) is 25.4. The lowest BCUT2D eigenvalue weighted by Crippen LogP contribution is -2.34. The van der Waals surface area contributed by atoms with Gasteiger partial charge in [0.2, 0.25) is 5.91 Å². The SMILES string of the molecule is COC(=O)c1ccccc1N1C(=O)CC(CO)C1C. The second-order valence-electron chi connectivity index (χ2n) is 4.66. The van der Waals surface area contributed by atoms with E-state index >= 15 is 0 Å². The Labute approximate surface area is 111 Å². The molecule has 19 heavy (non-hydrogen) atoms. The van der Waals surface area contributed by atoms with Gasteiger partial charge in [0.15, 0.2) is 0 Å². The van der Waals surface area contributed by atoms with Gasteiger partial charge in [-0.3, -0.25) is 4.79 Å². The molecule has 0 bridgehead atoms. The third-order valence-corrected chi connectivity index (χ3v) is 3.60. The van der Waals surface area contributed by atoms with Crippen molar-refractivity contribution in [2.45, 2.75) is 19.4 Å². The first-order chi connectivity index (χ1) is 9.10. The van der Waals surface area contributed by atoms with E-state index in [1.807, 2.05) is 6.92 Å².